The maximum atomic E-state index is 12.1. The summed E-state index contributed by atoms with van der Waals surface area (Å²) in [6, 6.07) is 6.23. The number of likely N-dealkylation sites (tertiary alicyclic amines) is 1. The molecular formula is C19H27N3O2. The molecule has 0 saturated carbocycles. The Morgan fingerprint density at radius 1 is 1.29 bits per heavy atom. The molecule has 0 radical (unpaired) electrons. The summed E-state index contributed by atoms with van der Waals surface area (Å²) < 4.78 is 7.51. The van der Waals surface area contributed by atoms with Crippen LogP contribution in [0, 0.1) is 12.8 Å². The predicted molar refractivity (Wildman–Crippen MR) is 95.0 cm³/mol. The van der Waals surface area contributed by atoms with Gasteiger partial charge in [0.05, 0.1) is 5.52 Å². The lowest BCUT2D eigenvalue weighted by Crippen LogP contribution is -2.42. The molecule has 0 aliphatic carbocycles. The van der Waals surface area contributed by atoms with Crippen molar-refractivity contribution in [3.63, 3.8) is 0 Å². The fourth-order valence-corrected chi connectivity index (χ4v) is 3.22. The van der Waals surface area contributed by atoms with Gasteiger partial charge in [0.1, 0.15) is 5.60 Å². The quantitative estimate of drug-likeness (QED) is 0.837. The largest absolute Gasteiger partial charge is 0.444 e. The van der Waals surface area contributed by atoms with Crippen LogP contribution in [-0.4, -0.2) is 39.5 Å². The Labute approximate surface area is 143 Å². The van der Waals surface area contributed by atoms with Crippen LogP contribution in [0.1, 0.15) is 39.2 Å². The van der Waals surface area contributed by atoms with E-state index in [0.29, 0.717) is 5.92 Å². The fourth-order valence-electron chi connectivity index (χ4n) is 3.22. The van der Waals surface area contributed by atoms with Crippen LogP contribution in [0.15, 0.2) is 24.4 Å². The van der Waals surface area contributed by atoms with Gasteiger partial charge in [0.15, 0.2) is 0 Å². The molecule has 0 atom stereocenters. The van der Waals surface area contributed by atoms with E-state index in [1.54, 1.807) is 0 Å². The highest BCUT2D eigenvalue weighted by Crippen LogP contribution is 2.23. The van der Waals surface area contributed by atoms with Crippen LogP contribution in [0.25, 0.3) is 10.9 Å². The van der Waals surface area contributed by atoms with Gasteiger partial charge in [-0.15, -0.1) is 0 Å². The highest BCUT2D eigenvalue weighted by molar-refractivity contribution is 5.81. The third-order valence-corrected chi connectivity index (χ3v) is 4.53. The average Bonchev–Trinajstić information content (AvgIpc) is 2.90. The summed E-state index contributed by atoms with van der Waals surface area (Å²) in [4.78, 5) is 13.9. The van der Waals surface area contributed by atoms with Crippen LogP contribution in [0.3, 0.4) is 0 Å². The topological polar surface area (TPSA) is 47.4 Å². The number of rotatable bonds is 2. The summed E-state index contributed by atoms with van der Waals surface area (Å²) in [5, 5.41) is 5.91. The number of nitrogens with zero attached hydrogens (tertiary/aromatic N) is 3. The van der Waals surface area contributed by atoms with Crippen molar-refractivity contribution in [1.82, 2.24) is 14.7 Å². The summed E-state index contributed by atoms with van der Waals surface area (Å²) >= 11 is 0. The first kappa shape index (κ1) is 16.8. The number of hydrogen-bond acceptors (Lipinski definition) is 3. The van der Waals surface area contributed by atoms with Gasteiger partial charge in [-0.05, 0) is 58.1 Å². The smallest absolute Gasteiger partial charge is 0.410 e. The molecule has 1 aromatic heterocycles. The molecule has 0 bridgehead atoms. The predicted octanol–water partition coefficient (Wildman–Crippen LogP) is 3.99. The monoisotopic (exact) mass is 329 g/mol. The fraction of sp³-hybridized carbons (Fsp3) is 0.579. The summed E-state index contributed by atoms with van der Waals surface area (Å²) in [7, 11) is 0. The van der Waals surface area contributed by atoms with Crippen LogP contribution in [0.4, 0.5) is 4.79 Å². The molecule has 1 amide bonds. The Bertz CT molecular complexity index is 722. The van der Waals surface area contributed by atoms with Gasteiger partial charge < -0.3 is 9.64 Å². The number of piperidine rings is 1. The van der Waals surface area contributed by atoms with Crippen molar-refractivity contribution in [2.24, 2.45) is 5.92 Å². The van der Waals surface area contributed by atoms with E-state index in [0.717, 1.165) is 38.0 Å². The van der Waals surface area contributed by atoms with Gasteiger partial charge in [0.25, 0.3) is 0 Å². The van der Waals surface area contributed by atoms with E-state index in [1.807, 2.05) is 31.7 Å². The number of aromatic nitrogens is 2. The van der Waals surface area contributed by atoms with Gasteiger partial charge in [-0.1, -0.05) is 12.1 Å². The van der Waals surface area contributed by atoms with Crippen LogP contribution >= 0.6 is 0 Å². The second-order valence-electron chi connectivity index (χ2n) is 7.77. The molecule has 1 aromatic carbocycles. The normalized spacial score (nSPS) is 16.6. The SMILES string of the molecule is Cc1cccc2nn(CC3CCN(C(=O)OC(C)(C)C)CC3)cc12. The molecule has 0 N–H and O–H groups in total. The van der Waals surface area contributed by atoms with Gasteiger partial charge in [-0.2, -0.15) is 5.10 Å². The number of carbonyl (C=O) groups is 1. The van der Waals surface area contributed by atoms with Gasteiger partial charge >= 0.3 is 6.09 Å². The molecule has 1 aliphatic rings. The summed E-state index contributed by atoms with van der Waals surface area (Å²) in [6.45, 7) is 10.3. The van der Waals surface area contributed by atoms with Crippen molar-refractivity contribution < 1.29 is 9.53 Å². The Balaban J connectivity index is 1.57. The molecule has 0 spiro atoms. The van der Waals surface area contributed by atoms with Crippen molar-refractivity contribution in [2.45, 2.75) is 52.7 Å². The lowest BCUT2D eigenvalue weighted by atomic mass is 9.97. The lowest BCUT2D eigenvalue weighted by Gasteiger charge is -2.33. The molecule has 1 aliphatic heterocycles. The molecular weight excluding hydrogens is 302 g/mol. The van der Waals surface area contributed by atoms with E-state index in [2.05, 4.69) is 35.0 Å². The standard InChI is InChI=1S/C19H27N3O2/c1-14-6-5-7-17-16(14)13-22(20-17)12-15-8-10-21(11-9-15)18(23)24-19(2,3)4/h5-7,13,15H,8-12H2,1-4H3. The molecule has 1 fully saturated rings. The number of ether oxygens (including phenoxy) is 1. The minimum absolute atomic E-state index is 0.193. The number of carbonyl (C=O) groups excluding carboxylic acids is 1. The van der Waals surface area contributed by atoms with Crippen LogP contribution in [0.5, 0.6) is 0 Å². The van der Waals surface area contributed by atoms with Gasteiger partial charge in [0, 0.05) is 31.2 Å². The Morgan fingerprint density at radius 2 is 2.00 bits per heavy atom. The van der Waals surface area contributed by atoms with E-state index < -0.39 is 5.60 Å². The molecule has 5 nitrogen and oxygen atoms in total. The van der Waals surface area contributed by atoms with Gasteiger partial charge in [-0.3, -0.25) is 4.68 Å². The molecule has 24 heavy (non-hydrogen) atoms. The van der Waals surface area contributed by atoms with Crippen molar-refractivity contribution in [3.8, 4) is 0 Å². The van der Waals surface area contributed by atoms with E-state index >= 15 is 0 Å². The number of fused-ring (bicyclic) bond motifs is 1. The number of hydrogen-bond donors (Lipinski definition) is 0. The van der Waals surface area contributed by atoms with Crippen molar-refractivity contribution in [2.75, 3.05) is 13.1 Å². The molecule has 2 aromatic rings. The maximum absolute atomic E-state index is 12.1. The number of aryl methyl sites for hydroxylation is 1. The van der Waals surface area contributed by atoms with E-state index in [4.69, 9.17) is 4.74 Å². The summed E-state index contributed by atoms with van der Waals surface area (Å²) in [5.74, 6) is 0.554. The van der Waals surface area contributed by atoms with Gasteiger partial charge in [-0.25, -0.2) is 4.79 Å². The molecule has 1 saturated heterocycles. The Hall–Kier alpha value is -2.04. The van der Waals surface area contributed by atoms with Crippen molar-refractivity contribution in [1.29, 1.82) is 0 Å². The Morgan fingerprint density at radius 3 is 2.62 bits per heavy atom. The zero-order chi connectivity index (χ0) is 17.3. The second-order valence-corrected chi connectivity index (χ2v) is 7.77. The third kappa shape index (κ3) is 3.89. The Kier molecular flexibility index (Phi) is 4.52. The van der Waals surface area contributed by atoms with Crippen molar-refractivity contribution in [3.05, 3.63) is 30.0 Å². The number of benzene rings is 1. The van der Waals surface area contributed by atoms with E-state index in [9.17, 15) is 4.79 Å². The lowest BCUT2D eigenvalue weighted by molar-refractivity contribution is 0.0177. The van der Waals surface area contributed by atoms with E-state index in [-0.39, 0.29) is 6.09 Å². The summed E-state index contributed by atoms with van der Waals surface area (Å²) in [5.41, 5.74) is 1.89. The highest BCUT2D eigenvalue weighted by atomic mass is 16.6. The minimum atomic E-state index is -0.430. The second kappa shape index (κ2) is 6.46. The van der Waals surface area contributed by atoms with Crippen LogP contribution < -0.4 is 0 Å². The summed E-state index contributed by atoms with van der Waals surface area (Å²) in [6.07, 6.45) is 3.94. The molecule has 0 unspecified atom stereocenters. The van der Waals surface area contributed by atoms with E-state index in [1.165, 1.54) is 10.9 Å². The number of amides is 1. The minimum Gasteiger partial charge on any atom is -0.444 e. The molecule has 130 valence electrons. The van der Waals surface area contributed by atoms with Crippen molar-refractivity contribution >= 4 is 17.0 Å². The molecule has 5 heteroatoms. The third-order valence-electron chi connectivity index (χ3n) is 4.53. The molecule has 2 heterocycles. The molecule has 3 rings (SSSR count). The van der Waals surface area contributed by atoms with Crippen LogP contribution in [-0.2, 0) is 11.3 Å². The first-order chi connectivity index (χ1) is 11.3. The highest BCUT2D eigenvalue weighted by Gasteiger charge is 2.27. The zero-order valence-corrected chi connectivity index (χ0v) is 15.1. The average molecular weight is 329 g/mol. The first-order valence-corrected chi connectivity index (χ1v) is 8.72. The first-order valence-electron chi connectivity index (χ1n) is 8.72. The zero-order valence-electron chi connectivity index (χ0n) is 15.1. The van der Waals surface area contributed by atoms with Gasteiger partial charge in [0.2, 0.25) is 0 Å². The van der Waals surface area contributed by atoms with Crippen LogP contribution in [0.2, 0.25) is 0 Å². The maximum Gasteiger partial charge on any atom is 0.410 e.